The third kappa shape index (κ3) is 5.20. The number of aliphatic imine (C=N–C) groups is 1. The van der Waals surface area contributed by atoms with Crippen molar-refractivity contribution in [1.82, 2.24) is 0 Å². The van der Waals surface area contributed by atoms with Gasteiger partial charge in [-0.3, -0.25) is 9.71 Å². The number of ether oxygens (including phenoxy) is 3. The van der Waals surface area contributed by atoms with Crippen LogP contribution in [0.1, 0.15) is 16.7 Å². The summed E-state index contributed by atoms with van der Waals surface area (Å²) >= 11 is 0. The van der Waals surface area contributed by atoms with Crippen molar-refractivity contribution in [2.75, 3.05) is 26.1 Å². The van der Waals surface area contributed by atoms with E-state index in [9.17, 15) is 8.42 Å². The Bertz CT molecular complexity index is 1210. The topological polar surface area (TPSA) is 86.2 Å². The van der Waals surface area contributed by atoms with Crippen molar-refractivity contribution in [3.05, 3.63) is 71.3 Å². The van der Waals surface area contributed by atoms with E-state index in [0.29, 0.717) is 28.6 Å². The van der Waals surface area contributed by atoms with Gasteiger partial charge in [0.2, 0.25) is 5.75 Å². The first-order valence-electron chi connectivity index (χ1n) is 9.81. The van der Waals surface area contributed by atoms with Crippen LogP contribution in [0.15, 0.2) is 64.5 Å². The molecule has 0 fully saturated rings. The molecule has 0 saturated carbocycles. The average molecular weight is 455 g/mol. The van der Waals surface area contributed by atoms with Gasteiger partial charge in [-0.15, -0.1) is 0 Å². The Kier molecular flexibility index (Phi) is 7.05. The standard InChI is InChI=1S/C24H26N2O5S/c1-16-6-11-21(17(2)12-16)26-32(27,28)20-9-7-19(8-10-20)25-15-18-13-22(29-3)24(31-5)23(14-18)30-4/h6-15,26H,1-5H3. The monoisotopic (exact) mass is 454 g/mol. The van der Waals surface area contributed by atoms with Gasteiger partial charge in [0.1, 0.15) is 0 Å². The molecule has 0 heterocycles. The highest BCUT2D eigenvalue weighted by Gasteiger charge is 2.15. The molecule has 0 radical (unpaired) electrons. The molecule has 7 nitrogen and oxygen atoms in total. The van der Waals surface area contributed by atoms with Crippen LogP contribution in [0.4, 0.5) is 11.4 Å². The van der Waals surface area contributed by atoms with E-state index in [-0.39, 0.29) is 4.90 Å². The first-order chi connectivity index (χ1) is 15.3. The molecule has 3 rings (SSSR count). The molecule has 0 unspecified atom stereocenters. The predicted octanol–water partition coefficient (Wildman–Crippen LogP) is 4.88. The molecule has 0 amide bonds. The van der Waals surface area contributed by atoms with Crippen molar-refractivity contribution in [3.63, 3.8) is 0 Å². The zero-order valence-electron chi connectivity index (χ0n) is 18.7. The van der Waals surface area contributed by atoms with E-state index in [1.54, 1.807) is 57.9 Å². The number of nitrogens with zero attached hydrogens (tertiary/aromatic N) is 1. The van der Waals surface area contributed by atoms with Gasteiger partial charge in [-0.05, 0) is 61.9 Å². The summed E-state index contributed by atoms with van der Waals surface area (Å²) in [5.41, 5.74) is 3.83. The van der Waals surface area contributed by atoms with Crippen molar-refractivity contribution < 1.29 is 22.6 Å². The van der Waals surface area contributed by atoms with Gasteiger partial charge in [0.05, 0.1) is 37.6 Å². The van der Waals surface area contributed by atoms with Gasteiger partial charge in [0.15, 0.2) is 11.5 Å². The van der Waals surface area contributed by atoms with Gasteiger partial charge in [-0.2, -0.15) is 0 Å². The third-order valence-electron chi connectivity index (χ3n) is 4.82. The van der Waals surface area contributed by atoms with Gasteiger partial charge in [-0.25, -0.2) is 8.42 Å². The molecule has 0 aromatic heterocycles. The van der Waals surface area contributed by atoms with E-state index in [1.807, 2.05) is 26.0 Å². The summed E-state index contributed by atoms with van der Waals surface area (Å²) in [6.45, 7) is 3.83. The number of nitrogens with one attached hydrogen (secondary N) is 1. The molecule has 3 aromatic rings. The van der Waals surface area contributed by atoms with Crippen molar-refractivity contribution in [1.29, 1.82) is 0 Å². The second-order valence-corrected chi connectivity index (χ2v) is 8.82. The fourth-order valence-corrected chi connectivity index (χ4v) is 4.30. The van der Waals surface area contributed by atoms with Gasteiger partial charge >= 0.3 is 0 Å². The van der Waals surface area contributed by atoms with Crippen LogP contribution in [0.25, 0.3) is 0 Å². The fraction of sp³-hybridized carbons (Fsp3) is 0.208. The Morgan fingerprint density at radius 3 is 2.00 bits per heavy atom. The van der Waals surface area contributed by atoms with E-state index in [0.717, 1.165) is 16.7 Å². The van der Waals surface area contributed by atoms with Crippen LogP contribution >= 0.6 is 0 Å². The van der Waals surface area contributed by atoms with Crippen LogP contribution in [-0.4, -0.2) is 36.0 Å². The Hall–Kier alpha value is -3.52. The van der Waals surface area contributed by atoms with Crippen LogP contribution < -0.4 is 18.9 Å². The van der Waals surface area contributed by atoms with Gasteiger partial charge in [0, 0.05) is 11.8 Å². The summed E-state index contributed by atoms with van der Waals surface area (Å²) in [4.78, 5) is 4.58. The van der Waals surface area contributed by atoms with Gasteiger partial charge in [-0.1, -0.05) is 17.7 Å². The molecule has 168 valence electrons. The minimum absolute atomic E-state index is 0.157. The van der Waals surface area contributed by atoms with E-state index in [1.165, 1.54) is 12.1 Å². The quantitative estimate of drug-likeness (QED) is 0.490. The maximum atomic E-state index is 12.7. The summed E-state index contributed by atoms with van der Waals surface area (Å²) < 4.78 is 44.1. The molecule has 1 N–H and O–H groups in total. The highest BCUT2D eigenvalue weighted by Crippen LogP contribution is 2.37. The number of methoxy groups -OCH3 is 3. The third-order valence-corrected chi connectivity index (χ3v) is 6.20. The molecule has 8 heteroatoms. The minimum Gasteiger partial charge on any atom is -0.493 e. The molecule has 0 saturated heterocycles. The Morgan fingerprint density at radius 1 is 0.844 bits per heavy atom. The summed E-state index contributed by atoms with van der Waals surface area (Å²) in [5, 5.41) is 0. The second-order valence-electron chi connectivity index (χ2n) is 7.13. The Morgan fingerprint density at radius 2 is 1.47 bits per heavy atom. The van der Waals surface area contributed by atoms with Crippen LogP contribution in [-0.2, 0) is 10.0 Å². The summed E-state index contributed by atoms with van der Waals surface area (Å²) in [6, 6.07) is 15.4. The van der Waals surface area contributed by atoms with Crippen molar-refractivity contribution in [3.8, 4) is 17.2 Å². The van der Waals surface area contributed by atoms with Crippen LogP contribution in [0.3, 0.4) is 0 Å². The number of rotatable bonds is 8. The Balaban J connectivity index is 1.80. The normalized spacial score (nSPS) is 11.4. The first-order valence-corrected chi connectivity index (χ1v) is 11.3. The zero-order valence-corrected chi connectivity index (χ0v) is 19.5. The number of aryl methyl sites for hydroxylation is 2. The highest BCUT2D eigenvalue weighted by molar-refractivity contribution is 7.92. The number of benzene rings is 3. The molecule has 32 heavy (non-hydrogen) atoms. The van der Waals surface area contributed by atoms with Crippen LogP contribution in [0, 0.1) is 13.8 Å². The molecule has 0 aliphatic carbocycles. The van der Waals surface area contributed by atoms with E-state index in [4.69, 9.17) is 14.2 Å². The molecule has 0 bridgehead atoms. The molecular formula is C24H26N2O5S. The summed E-state index contributed by atoms with van der Waals surface area (Å²) in [6.07, 6.45) is 1.64. The maximum absolute atomic E-state index is 12.7. The number of hydrogen-bond donors (Lipinski definition) is 1. The smallest absolute Gasteiger partial charge is 0.261 e. The summed E-state index contributed by atoms with van der Waals surface area (Å²) in [5.74, 6) is 1.54. The largest absolute Gasteiger partial charge is 0.493 e. The highest BCUT2D eigenvalue weighted by atomic mass is 32.2. The maximum Gasteiger partial charge on any atom is 0.261 e. The molecule has 0 aliphatic rings. The fourth-order valence-electron chi connectivity index (χ4n) is 3.17. The molecular weight excluding hydrogens is 428 g/mol. The van der Waals surface area contributed by atoms with Crippen molar-refractivity contribution >= 4 is 27.6 Å². The van der Waals surface area contributed by atoms with E-state index in [2.05, 4.69) is 9.71 Å². The van der Waals surface area contributed by atoms with Crippen LogP contribution in [0.2, 0.25) is 0 Å². The van der Waals surface area contributed by atoms with E-state index < -0.39 is 10.0 Å². The lowest BCUT2D eigenvalue weighted by atomic mass is 10.1. The molecule has 3 aromatic carbocycles. The average Bonchev–Trinajstić information content (AvgIpc) is 2.79. The molecule has 0 spiro atoms. The number of anilines is 1. The first kappa shape index (κ1) is 23.1. The summed E-state index contributed by atoms with van der Waals surface area (Å²) in [7, 11) is 0.924. The lowest BCUT2D eigenvalue weighted by Crippen LogP contribution is -2.13. The lowest BCUT2D eigenvalue weighted by molar-refractivity contribution is 0.324. The van der Waals surface area contributed by atoms with Crippen LogP contribution in [0.5, 0.6) is 17.2 Å². The van der Waals surface area contributed by atoms with Crippen molar-refractivity contribution in [2.45, 2.75) is 18.7 Å². The predicted molar refractivity (Wildman–Crippen MR) is 127 cm³/mol. The van der Waals surface area contributed by atoms with Gasteiger partial charge in [0.25, 0.3) is 10.0 Å². The SMILES string of the molecule is COc1cc(C=Nc2ccc(S(=O)(=O)Nc3ccc(C)cc3C)cc2)cc(OC)c1OC. The van der Waals surface area contributed by atoms with Crippen molar-refractivity contribution in [2.24, 2.45) is 4.99 Å². The number of sulfonamides is 1. The zero-order chi connectivity index (χ0) is 23.3. The van der Waals surface area contributed by atoms with E-state index >= 15 is 0 Å². The van der Waals surface area contributed by atoms with Gasteiger partial charge < -0.3 is 14.2 Å². The minimum atomic E-state index is -3.71. The Labute approximate surface area is 188 Å². The molecule has 0 atom stereocenters. The lowest BCUT2D eigenvalue weighted by Gasteiger charge is -2.12. The number of hydrogen-bond acceptors (Lipinski definition) is 6. The molecule has 0 aliphatic heterocycles. The second kappa shape index (κ2) is 9.74.